The van der Waals surface area contributed by atoms with E-state index in [2.05, 4.69) is 10.1 Å². The number of aliphatic hydroxyl groups excluding tert-OH is 2. The number of hydrogen-bond donors (Lipinski definition) is 3. The van der Waals surface area contributed by atoms with Crippen molar-refractivity contribution < 1.29 is 24.5 Å². The lowest BCUT2D eigenvalue weighted by Gasteiger charge is -2.25. The largest absolute Gasteiger partial charge is 0.461 e. The summed E-state index contributed by atoms with van der Waals surface area (Å²) in [6.45, 7) is 3.23. The van der Waals surface area contributed by atoms with Crippen LogP contribution in [0.3, 0.4) is 0 Å². The summed E-state index contributed by atoms with van der Waals surface area (Å²) in [6, 6.07) is 5.12. The SMILES string of the molecule is CCC(CC)C(=O)OC[C@@]1(C#N)O[C@@H](c2ccc3c(N)ncnn23)[C@H](O)[C@@H]1O. The minimum absolute atomic E-state index is 0.236. The van der Waals surface area contributed by atoms with Gasteiger partial charge in [-0.3, -0.25) is 4.79 Å². The molecular formula is C18H23N5O5. The van der Waals surface area contributed by atoms with Crippen LogP contribution in [0, 0.1) is 17.2 Å². The number of aliphatic hydroxyl groups is 2. The van der Waals surface area contributed by atoms with Crippen LogP contribution in [0.25, 0.3) is 5.52 Å². The Kier molecular flexibility index (Phi) is 5.51. The first-order chi connectivity index (χ1) is 13.4. The zero-order valence-electron chi connectivity index (χ0n) is 15.6. The Morgan fingerprint density at radius 3 is 2.82 bits per heavy atom. The highest BCUT2D eigenvalue weighted by Crippen LogP contribution is 2.40. The van der Waals surface area contributed by atoms with Gasteiger partial charge in [0.2, 0.25) is 5.60 Å². The molecule has 0 aliphatic carbocycles. The third-order valence-electron chi connectivity index (χ3n) is 5.19. The van der Waals surface area contributed by atoms with E-state index in [1.165, 1.54) is 10.8 Å². The molecule has 2 aromatic heterocycles. The quantitative estimate of drug-likeness (QED) is 0.593. The molecule has 0 aromatic carbocycles. The predicted octanol–water partition coefficient (Wildman–Crippen LogP) is 0.346. The monoisotopic (exact) mass is 389 g/mol. The maximum absolute atomic E-state index is 12.2. The summed E-state index contributed by atoms with van der Waals surface area (Å²) < 4.78 is 12.4. The number of aromatic nitrogens is 3. The van der Waals surface area contributed by atoms with E-state index < -0.39 is 36.5 Å². The smallest absolute Gasteiger partial charge is 0.309 e. The first kappa shape index (κ1) is 20.0. The van der Waals surface area contributed by atoms with Gasteiger partial charge in [0.1, 0.15) is 42.8 Å². The number of hydrogen-bond acceptors (Lipinski definition) is 9. The van der Waals surface area contributed by atoms with Crippen molar-refractivity contribution in [3.63, 3.8) is 0 Å². The number of anilines is 1. The standard InChI is InChI=1S/C18H23N5O5/c1-3-10(4-2)17(26)27-8-18(7-19)15(25)13(24)14(28-18)11-5-6-12-16(20)21-9-22-23(11)12/h5-6,9-10,13-15,24-25H,3-4,8H2,1-2H3,(H2,20,21,22)/t13-,14-,15-,18+/m0/s1. The van der Waals surface area contributed by atoms with Crippen LogP contribution in [0.4, 0.5) is 5.82 Å². The summed E-state index contributed by atoms with van der Waals surface area (Å²) in [5, 5.41) is 34.8. The molecule has 3 rings (SSSR count). The van der Waals surface area contributed by atoms with Crippen LogP contribution in [0.15, 0.2) is 18.5 Å². The molecule has 10 nitrogen and oxygen atoms in total. The second-order valence-corrected chi connectivity index (χ2v) is 6.80. The molecule has 0 spiro atoms. The van der Waals surface area contributed by atoms with Gasteiger partial charge in [-0.05, 0) is 25.0 Å². The van der Waals surface area contributed by atoms with Gasteiger partial charge in [-0.25, -0.2) is 9.50 Å². The lowest BCUT2D eigenvalue weighted by molar-refractivity contribution is -0.159. The first-order valence-electron chi connectivity index (χ1n) is 9.08. The number of fused-ring (bicyclic) bond motifs is 1. The van der Waals surface area contributed by atoms with Gasteiger partial charge in [-0.15, -0.1) is 0 Å². The molecular weight excluding hydrogens is 366 g/mol. The van der Waals surface area contributed by atoms with Crippen LogP contribution in [-0.4, -0.2) is 55.2 Å². The highest BCUT2D eigenvalue weighted by atomic mass is 16.6. The van der Waals surface area contributed by atoms with E-state index in [1.807, 2.05) is 19.9 Å². The molecule has 0 amide bonds. The topological polar surface area (TPSA) is 156 Å². The molecule has 1 fully saturated rings. The fourth-order valence-corrected chi connectivity index (χ4v) is 3.39. The minimum atomic E-state index is -1.89. The van der Waals surface area contributed by atoms with E-state index in [0.29, 0.717) is 24.1 Å². The zero-order chi connectivity index (χ0) is 20.5. The van der Waals surface area contributed by atoms with Crippen molar-refractivity contribution in [3.8, 4) is 6.07 Å². The second-order valence-electron chi connectivity index (χ2n) is 6.80. The van der Waals surface area contributed by atoms with Crippen molar-refractivity contribution >= 4 is 17.3 Å². The van der Waals surface area contributed by atoms with E-state index >= 15 is 0 Å². The number of rotatable bonds is 6. The third kappa shape index (κ3) is 3.17. The van der Waals surface area contributed by atoms with Crippen molar-refractivity contribution in [1.29, 1.82) is 5.26 Å². The van der Waals surface area contributed by atoms with Crippen molar-refractivity contribution in [1.82, 2.24) is 14.6 Å². The van der Waals surface area contributed by atoms with E-state index in [4.69, 9.17) is 15.2 Å². The Morgan fingerprint density at radius 2 is 2.18 bits per heavy atom. The maximum atomic E-state index is 12.2. The minimum Gasteiger partial charge on any atom is -0.461 e. The Hall–Kier alpha value is -2.74. The summed E-state index contributed by atoms with van der Waals surface area (Å²) in [4.78, 5) is 16.1. The van der Waals surface area contributed by atoms with Crippen molar-refractivity contribution in [3.05, 3.63) is 24.2 Å². The van der Waals surface area contributed by atoms with Crippen LogP contribution in [0.5, 0.6) is 0 Å². The molecule has 1 saturated heterocycles. The molecule has 0 saturated carbocycles. The van der Waals surface area contributed by atoms with Crippen LogP contribution in [-0.2, 0) is 14.3 Å². The second kappa shape index (κ2) is 7.71. The number of carbonyl (C=O) groups is 1. The Bertz CT molecular complexity index is 905. The highest BCUT2D eigenvalue weighted by molar-refractivity contribution is 5.72. The molecule has 4 N–H and O–H groups in total. The van der Waals surface area contributed by atoms with Crippen LogP contribution in [0.2, 0.25) is 0 Å². The van der Waals surface area contributed by atoms with Gasteiger partial charge < -0.3 is 25.4 Å². The summed E-state index contributed by atoms with van der Waals surface area (Å²) in [5.41, 5.74) is 4.80. The number of carbonyl (C=O) groups excluding carboxylic acids is 1. The first-order valence-corrected chi connectivity index (χ1v) is 9.08. The van der Waals surface area contributed by atoms with E-state index in [1.54, 1.807) is 12.1 Å². The Balaban J connectivity index is 1.86. The number of nitriles is 1. The molecule has 0 bridgehead atoms. The van der Waals surface area contributed by atoms with Gasteiger partial charge in [-0.1, -0.05) is 13.8 Å². The number of nitrogens with zero attached hydrogens (tertiary/aromatic N) is 4. The number of esters is 1. The van der Waals surface area contributed by atoms with Gasteiger partial charge in [0.15, 0.2) is 5.82 Å². The fraction of sp³-hybridized carbons (Fsp3) is 0.556. The Labute approximate surface area is 161 Å². The van der Waals surface area contributed by atoms with E-state index in [9.17, 15) is 20.3 Å². The molecule has 28 heavy (non-hydrogen) atoms. The Morgan fingerprint density at radius 1 is 1.46 bits per heavy atom. The molecule has 1 aliphatic heterocycles. The lowest BCUT2D eigenvalue weighted by Crippen LogP contribution is -2.46. The van der Waals surface area contributed by atoms with Gasteiger partial charge >= 0.3 is 5.97 Å². The molecule has 10 heteroatoms. The molecule has 4 atom stereocenters. The lowest BCUT2D eigenvalue weighted by atomic mass is 9.96. The molecule has 150 valence electrons. The third-order valence-corrected chi connectivity index (χ3v) is 5.19. The van der Waals surface area contributed by atoms with Crippen LogP contribution >= 0.6 is 0 Å². The zero-order valence-corrected chi connectivity index (χ0v) is 15.6. The van der Waals surface area contributed by atoms with Gasteiger partial charge in [-0.2, -0.15) is 10.4 Å². The summed E-state index contributed by atoms with van der Waals surface area (Å²) in [5.74, 6) is -0.536. The normalized spacial score (nSPS) is 27.2. The fourth-order valence-electron chi connectivity index (χ4n) is 3.39. The van der Waals surface area contributed by atoms with Crippen molar-refractivity contribution in [2.45, 2.75) is 50.6 Å². The maximum Gasteiger partial charge on any atom is 0.309 e. The average molecular weight is 389 g/mol. The summed E-state index contributed by atoms with van der Waals surface area (Å²) >= 11 is 0. The van der Waals surface area contributed by atoms with E-state index in [0.717, 1.165) is 0 Å². The van der Waals surface area contributed by atoms with Gasteiger partial charge in [0.05, 0.1) is 11.6 Å². The van der Waals surface area contributed by atoms with Crippen molar-refractivity contribution in [2.75, 3.05) is 12.3 Å². The van der Waals surface area contributed by atoms with Crippen molar-refractivity contribution in [2.24, 2.45) is 5.92 Å². The van der Waals surface area contributed by atoms with Crippen LogP contribution in [0.1, 0.15) is 38.5 Å². The van der Waals surface area contributed by atoms with Gasteiger partial charge in [0, 0.05) is 0 Å². The summed E-state index contributed by atoms with van der Waals surface area (Å²) in [7, 11) is 0. The molecule has 0 unspecified atom stereocenters. The van der Waals surface area contributed by atoms with E-state index in [-0.39, 0.29) is 11.7 Å². The molecule has 2 aromatic rings. The summed E-state index contributed by atoms with van der Waals surface area (Å²) in [6.07, 6.45) is -1.64. The van der Waals surface area contributed by atoms with Crippen LogP contribution < -0.4 is 5.73 Å². The molecule has 3 heterocycles. The average Bonchev–Trinajstić information content (AvgIpc) is 3.23. The number of nitrogen functional groups attached to an aromatic ring is 1. The molecule has 1 aliphatic rings. The molecule has 0 radical (unpaired) electrons. The predicted molar refractivity (Wildman–Crippen MR) is 96.6 cm³/mol. The number of nitrogens with two attached hydrogens (primary N) is 1. The number of ether oxygens (including phenoxy) is 2. The highest BCUT2D eigenvalue weighted by Gasteiger charge is 2.57. The van der Waals surface area contributed by atoms with Gasteiger partial charge in [0.25, 0.3) is 0 Å².